The lowest BCUT2D eigenvalue weighted by Gasteiger charge is -2.09. The van der Waals surface area contributed by atoms with E-state index in [1.165, 1.54) is 0 Å². The molecule has 1 aromatic heterocycles. The Morgan fingerprint density at radius 1 is 1.47 bits per heavy atom. The lowest BCUT2D eigenvalue weighted by Crippen LogP contribution is -2.17. The first-order valence-corrected chi connectivity index (χ1v) is 6.83. The van der Waals surface area contributed by atoms with Crippen LogP contribution in [0.1, 0.15) is 31.2 Å². The molecule has 0 bridgehead atoms. The molecule has 0 radical (unpaired) electrons. The SMILES string of the molecule is CCNC(C)c1oc2c(Cl)ccc(Br)c2c1C. The molecule has 1 N–H and O–H groups in total. The van der Waals surface area contributed by atoms with Gasteiger partial charge in [-0.2, -0.15) is 0 Å². The Balaban J connectivity index is 2.64. The molecule has 4 heteroatoms. The largest absolute Gasteiger partial charge is 0.458 e. The van der Waals surface area contributed by atoms with Crippen LogP contribution in [0.15, 0.2) is 21.0 Å². The average molecular weight is 317 g/mol. The van der Waals surface area contributed by atoms with Gasteiger partial charge in [0.1, 0.15) is 5.76 Å². The molecule has 1 atom stereocenters. The summed E-state index contributed by atoms with van der Waals surface area (Å²) in [4.78, 5) is 0. The van der Waals surface area contributed by atoms with E-state index >= 15 is 0 Å². The fraction of sp³-hybridized carbons (Fsp3) is 0.385. The summed E-state index contributed by atoms with van der Waals surface area (Å²) in [6.07, 6.45) is 0. The topological polar surface area (TPSA) is 25.2 Å². The zero-order valence-electron chi connectivity index (χ0n) is 10.1. The highest BCUT2D eigenvalue weighted by molar-refractivity contribution is 9.10. The zero-order chi connectivity index (χ0) is 12.6. The van der Waals surface area contributed by atoms with Crippen LogP contribution >= 0.6 is 27.5 Å². The van der Waals surface area contributed by atoms with Gasteiger partial charge in [-0.15, -0.1) is 0 Å². The molecule has 17 heavy (non-hydrogen) atoms. The van der Waals surface area contributed by atoms with Gasteiger partial charge in [0.15, 0.2) is 5.58 Å². The molecule has 1 unspecified atom stereocenters. The van der Waals surface area contributed by atoms with E-state index in [9.17, 15) is 0 Å². The molecule has 0 spiro atoms. The molecule has 2 nitrogen and oxygen atoms in total. The standard InChI is InChI=1S/C13H15BrClNO/c1-4-16-8(3)12-7(2)11-9(14)5-6-10(15)13(11)17-12/h5-6,8,16H,4H2,1-3H3. The Bertz CT molecular complexity index is 550. The predicted molar refractivity (Wildman–Crippen MR) is 75.8 cm³/mol. The van der Waals surface area contributed by atoms with Crippen molar-refractivity contribution in [1.29, 1.82) is 0 Å². The molecule has 0 fully saturated rings. The van der Waals surface area contributed by atoms with Crippen molar-refractivity contribution in [2.75, 3.05) is 6.54 Å². The molecule has 0 saturated heterocycles. The highest BCUT2D eigenvalue weighted by atomic mass is 79.9. The van der Waals surface area contributed by atoms with Crippen molar-refractivity contribution in [2.45, 2.75) is 26.8 Å². The quantitative estimate of drug-likeness (QED) is 0.877. The molecule has 0 aliphatic carbocycles. The number of hydrogen-bond acceptors (Lipinski definition) is 2. The van der Waals surface area contributed by atoms with E-state index in [1.807, 2.05) is 12.1 Å². The van der Waals surface area contributed by atoms with Crippen LogP contribution in [0.5, 0.6) is 0 Å². The lowest BCUT2D eigenvalue weighted by molar-refractivity contribution is 0.456. The fourth-order valence-electron chi connectivity index (χ4n) is 2.10. The number of nitrogens with one attached hydrogen (secondary N) is 1. The monoisotopic (exact) mass is 315 g/mol. The number of furan rings is 1. The van der Waals surface area contributed by atoms with Crippen LogP contribution in [0.3, 0.4) is 0 Å². The lowest BCUT2D eigenvalue weighted by atomic mass is 10.1. The summed E-state index contributed by atoms with van der Waals surface area (Å²) < 4.78 is 6.92. The maximum Gasteiger partial charge on any atom is 0.154 e. The summed E-state index contributed by atoms with van der Waals surface area (Å²) in [5, 5.41) is 5.07. The Morgan fingerprint density at radius 2 is 2.18 bits per heavy atom. The third-order valence-corrected chi connectivity index (χ3v) is 3.88. The van der Waals surface area contributed by atoms with E-state index in [0.717, 1.165) is 33.3 Å². The van der Waals surface area contributed by atoms with E-state index in [1.54, 1.807) is 0 Å². The fourth-order valence-corrected chi connectivity index (χ4v) is 2.91. The molecule has 1 aromatic carbocycles. The van der Waals surface area contributed by atoms with Crippen molar-refractivity contribution in [2.24, 2.45) is 0 Å². The minimum absolute atomic E-state index is 0.190. The zero-order valence-corrected chi connectivity index (χ0v) is 12.4. The van der Waals surface area contributed by atoms with Gasteiger partial charge in [-0.3, -0.25) is 0 Å². The Labute approximate surface area is 114 Å². The molecule has 2 rings (SSSR count). The number of rotatable bonds is 3. The van der Waals surface area contributed by atoms with Gasteiger partial charge in [-0.25, -0.2) is 0 Å². The molecular weight excluding hydrogens is 302 g/mol. The van der Waals surface area contributed by atoms with Crippen molar-refractivity contribution in [3.05, 3.63) is 33.0 Å². The van der Waals surface area contributed by atoms with E-state index in [2.05, 4.69) is 42.0 Å². The number of aryl methyl sites for hydroxylation is 1. The second-order valence-corrected chi connectivity index (χ2v) is 5.37. The normalized spacial score (nSPS) is 13.2. The number of halogens is 2. The summed E-state index contributed by atoms with van der Waals surface area (Å²) in [6.45, 7) is 7.15. The van der Waals surface area contributed by atoms with Gasteiger partial charge < -0.3 is 9.73 Å². The highest BCUT2D eigenvalue weighted by Crippen LogP contribution is 2.37. The Morgan fingerprint density at radius 3 is 2.76 bits per heavy atom. The van der Waals surface area contributed by atoms with E-state index in [0.29, 0.717) is 5.02 Å². The molecule has 0 aliphatic heterocycles. The summed E-state index contributed by atoms with van der Waals surface area (Å²) >= 11 is 9.71. The minimum Gasteiger partial charge on any atom is -0.458 e. The van der Waals surface area contributed by atoms with Crippen LogP contribution in [0.4, 0.5) is 0 Å². The van der Waals surface area contributed by atoms with E-state index in [-0.39, 0.29) is 6.04 Å². The van der Waals surface area contributed by atoms with Gasteiger partial charge >= 0.3 is 0 Å². The van der Waals surface area contributed by atoms with Gasteiger partial charge in [0, 0.05) is 15.4 Å². The van der Waals surface area contributed by atoms with Crippen LogP contribution < -0.4 is 5.32 Å². The van der Waals surface area contributed by atoms with Crippen LogP contribution in [-0.4, -0.2) is 6.54 Å². The smallest absolute Gasteiger partial charge is 0.154 e. The molecule has 0 saturated carbocycles. The number of benzene rings is 1. The van der Waals surface area contributed by atoms with Gasteiger partial charge in [-0.05, 0) is 32.5 Å². The Hall–Kier alpha value is -0.510. The molecule has 92 valence electrons. The van der Waals surface area contributed by atoms with Crippen molar-refractivity contribution in [3.63, 3.8) is 0 Å². The van der Waals surface area contributed by atoms with Gasteiger partial charge in [0.2, 0.25) is 0 Å². The second-order valence-electron chi connectivity index (χ2n) is 4.10. The maximum atomic E-state index is 6.16. The van der Waals surface area contributed by atoms with Crippen molar-refractivity contribution in [1.82, 2.24) is 5.32 Å². The number of hydrogen-bond donors (Lipinski definition) is 1. The van der Waals surface area contributed by atoms with Crippen LogP contribution in [-0.2, 0) is 0 Å². The second kappa shape index (κ2) is 5.01. The van der Waals surface area contributed by atoms with Gasteiger partial charge in [0.05, 0.1) is 11.1 Å². The van der Waals surface area contributed by atoms with Crippen LogP contribution in [0.2, 0.25) is 5.02 Å². The third-order valence-electron chi connectivity index (χ3n) is 2.92. The van der Waals surface area contributed by atoms with Gasteiger partial charge in [0.25, 0.3) is 0 Å². The first kappa shape index (κ1) is 12.9. The highest BCUT2D eigenvalue weighted by Gasteiger charge is 2.19. The van der Waals surface area contributed by atoms with Crippen molar-refractivity contribution >= 4 is 38.5 Å². The third kappa shape index (κ3) is 2.24. The van der Waals surface area contributed by atoms with E-state index < -0.39 is 0 Å². The Kier molecular flexibility index (Phi) is 3.81. The summed E-state index contributed by atoms with van der Waals surface area (Å²) in [5.74, 6) is 0.954. The summed E-state index contributed by atoms with van der Waals surface area (Å²) in [5.41, 5.74) is 1.90. The van der Waals surface area contributed by atoms with E-state index in [4.69, 9.17) is 16.0 Å². The minimum atomic E-state index is 0.190. The molecule has 1 heterocycles. The first-order chi connectivity index (χ1) is 8.06. The maximum absolute atomic E-state index is 6.16. The molecule has 0 aliphatic rings. The molecule has 0 amide bonds. The van der Waals surface area contributed by atoms with Crippen LogP contribution in [0, 0.1) is 6.92 Å². The van der Waals surface area contributed by atoms with Crippen LogP contribution in [0.25, 0.3) is 11.0 Å². The summed E-state index contributed by atoms with van der Waals surface area (Å²) in [6, 6.07) is 3.99. The van der Waals surface area contributed by atoms with Crippen molar-refractivity contribution in [3.8, 4) is 0 Å². The molecular formula is C13H15BrClNO. The van der Waals surface area contributed by atoms with Crippen molar-refractivity contribution < 1.29 is 4.42 Å². The average Bonchev–Trinajstić information content (AvgIpc) is 2.63. The first-order valence-electron chi connectivity index (χ1n) is 5.66. The molecule has 2 aromatic rings. The van der Waals surface area contributed by atoms with Gasteiger partial charge in [-0.1, -0.05) is 34.5 Å². The predicted octanol–water partition coefficient (Wildman–Crippen LogP) is 4.83. The number of fused-ring (bicyclic) bond motifs is 1. The summed E-state index contributed by atoms with van der Waals surface area (Å²) in [7, 11) is 0.